The van der Waals surface area contributed by atoms with Gasteiger partial charge in [-0.1, -0.05) is 13.8 Å². The molecule has 12 heavy (non-hydrogen) atoms. The Bertz CT molecular complexity index is 288. The fraction of sp³-hybridized carbons (Fsp3) is 0.667. The highest BCUT2D eigenvalue weighted by Gasteiger charge is 2.24. The summed E-state index contributed by atoms with van der Waals surface area (Å²) < 4.78 is 0. The van der Waals surface area contributed by atoms with Crippen molar-refractivity contribution >= 4 is 0 Å². The van der Waals surface area contributed by atoms with Gasteiger partial charge in [-0.2, -0.15) is 5.10 Å². The Balaban J connectivity index is 2.37. The van der Waals surface area contributed by atoms with Crippen molar-refractivity contribution in [3.05, 3.63) is 17.0 Å². The zero-order valence-electron chi connectivity index (χ0n) is 7.59. The number of nitrogens with two attached hydrogens (primary N) is 1. The van der Waals surface area contributed by atoms with Crippen LogP contribution in [0.15, 0.2) is 0 Å². The summed E-state index contributed by atoms with van der Waals surface area (Å²) in [5, 5.41) is 7.36. The fourth-order valence-corrected chi connectivity index (χ4v) is 1.89. The van der Waals surface area contributed by atoms with Crippen LogP contribution in [0.1, 0.15) is 36.7 Å². The van der Waals surface area contributed by atoms with Crippen LogP contribution in [0.3, 0.4) is 0 Å². The van der Waals surface area contributed by atoms with Crippen LogP contribution in [0.2, 0.25) is 0 Å². The molecule has 0 aliphatic heterocycles. The number of hydrogen-bond acceptors (Lipinski definition) is 2. The average molecular weight is 165 g/mol. The van der Waals surface area contributed by atoms with Crippen LogP contribution in [0.5, 0.6) is 0 Å². The summed E-state index contributed by atoms with van der Waals surface area (Å²) in [6, 6.07) is 0.312. The molecule has 1 aliphatic carbocycles. The van der Waals surface area contributed by atoms with Gasteiger partial charge in [-0.15, -0.1) is 0 Å². The molecule has 0 saturated heterocycles. The SMILES string of the molecule is CC(C)c1n[nH]c2c1CC(N)C2. The van der Waals surface area contributed by atoms with Crippen LogP contribution in [-0.2, 0) is 12.8 Å². The summed E-state index contributed by atoms with van der Waals surface area (Å²) in [4.78, 5) is 0. The summed E-state index contributed by atoms with van der Waals surface area (Å²) in [5.74, 6) is 0.510. The van der Waals surface area contributed by atoms with E-state index in [0.717, 1.165) is 12.8 Å². The smallest absolute Gasteiger partial charge is 0.0682 e. The van der Waals surface area contributed by atoms with Crippen molar-refractivity contribution in [3.8, 4) is 0 Å². The first-order chi connectivity index (χ1) is 5.68. The average Bonchev–Trinajstić information content (AvgIpc) is 2.43. The van der Waals surface area contributed by atoms with Crippen molar-refractivity contribution in [1.29, 1.82) is 0 Å². The van der Waals surface area contributed by atoms with Gasteiger partial charge < -0.3 is 5.73 Å². The molecule has 0 spiro atoms. The van der Waals surface area contributed by atoms with Crippen LogP contribution in [-0.4, -0.2) is 16.2 Å². The van der Waals surface area contributed by atoms with Gasteiger partial charge in [0.05, 0.1) is 5.69 Å². The van der Waals surface area contributed by atoms with Gasteiger partial charge in [0.1, 0.15) is 0 Å². The van der Waals surface area contributed by atoms with Gasteiger partial charge in [0, 0.05) is 18.2 Å². The molecular weight excluding hydrogens is 150 g/mol. The minimum Gasteiger partial charge on any atom is -0.327 e. The molecule has 0 bridgehead atoms. The molecule has 0 aromatic carbocycles. The zero-order valence-corrected chi connectivity index (χ0v) is 7.59. The second kappa shape index (κ2) is 2.59. The molecule has 3 heteroatoms. The summed E-state index contributed by atoms with van der Waals surface area (Å²) in [6.07, 6.45) is 1.97. The Morgan fingerprint density at radius 2 is 2.25 bits per heavy atom. The highest BCUT2D eigenvalue weighted by atomic mass is 15.1. The normalized spacial score (nSPS) is 21.8. The lowest BCUT2D eigenvalue weighted by atomic mass is 10.0. The van der Waals surface area contributed by atoms with Crippen LogP contribution in [0.4, 0.5) is 0 Å². The molecule has 66 valence electrons. The molecule has 1 heterocycles. The van der Waals surface area contributed by atoms with Gasteiger partial charge in [0.15, 0.2) is 0 Å². The minimum atomic E-state index is 0.312. The van der Waals surface area contributed by atoms with Crippen molar-refractivity contribution in [3.63, 3.8) is 0 Å². The topological polar surface area (TPSA) is 54.7 Å². The Hall–Kier alpha value is -0.830. The zero-order chi connectivity index (χ0) is 8.72. The van der Waals surface area contributed by atoms with Gasteiger partial charge in [0.2, 0.25) is 0 Å². The number of aromatic nitrogens is 2. The molecule has 0 radical (unpaired) electrons. The molecule has 1 unspecified atom stereocenters. The fourth-order valence-electron chi connectivity index (χ4n) is 1.89. The number of rotatable bonds is 1. The molecule has 0 fully saturated rings. The van der Waals surface area contributed by atoms with E-state index in [9.17, 15) is 0 Å². The number of nitrogens with one attached hydrogen (secondary N) is 1. The molecule has 0 saturated carbocycles. The first-order valence-corrected chi connectivity index (χ1v) is 4.50. The van der Waals surface area contributed by atoms with E-state index in [0.29, 0.717) is 12.0 Å². The van der Waals surface area contributed by atoms with Gasteiger partial charge in [0.25, 0.3) is 0 Å². The lowest BCUT2D eigenvalue weighted by Crippen LogP contribution is -2.20. The van der Waals surface area contributed by atoms with E-state index in [1.165, 1.54) is 17.0 Å². The summed E-state index contributed by atoms with van der Waals surface area (Å²) >= 11 is 0. The van der Waals surface area contributed by atoms with Crippen molar-refractivity contribution < 1.29 is 0 Å². The van der Waals surface area contributed by atoms with Gasteiger partial charge in [-0.05, 0) is 17.9 Å². The Morgan fingerprint density at radius 1 is 1.50 bits per heavy atom. The molecule has 3 nitrogen and oxygen atoms in total. The van der Waals surface area contributed by atoms with Crippen LogP contribution >= 0.6 is 0 Å². The maximum atomic E-state index is 5.85. The predicted molar refractivity (Wildman–Crippen MR) is 48.1 cm³/mol. The number of nitrogens with zero attached hydrogens (tertiary/aromatic N) is 1. The number of aromatic amines is 1. The summed E-state index contributed by atoms with van der Waals surface area (Å²) in [7, 11) is 0. The van der Waals surface area contributed by atoms with Gasteiger partial charge >= 0.3 is 0 Å². The third-order valence-corrected chi connectivity index (χ3v) is 2.46. The lowest BCUT2D eigenvalue weighted by molar-refractivity contribution is 0.688. The molecular formula is C9H15N3. The molecule has 3 N–H and O–H groups in total. The predicted octanol–water partition coefficient (Wildman–Crippen LogP) is 0.959. The van der Waals surface area contributed by atoms with E-state index in [-0.39, 0.29) is 0 Å². The number of fused-ring (bicyclic) bond motifs is 1. The van der Waals surface area contributed by atoms with Crippen molar-refractivity contribution in [2.75, 3.05) is 0 Å². The maximum absolute atomic E-state index is 5.85. The van der Waals surface area contributed by atoms with Crippen molar-refractivity contribution in [1.82, 2.24) is 10.2 Å². The number of hydrogen-bond donors (Lipinski definition) is 2. The second-order valence-corrected chi connectivity index (χ2v) is 3.89. The van der Waals surface area contributed by atoms with Crippen LogP contribution in [0.25, 0.3) is 0 Å². The quantitative estimate of drug-likeness (QED) is 0.651. The Kier molecular flexibility index (Phi) is 1.68. The first-order valence-electron chi connectivity index (χ1n) is 4.50. The monoisotopic (exact) mass is 165 g/mol. The van der Waals surface area contributed by atoms with Gasteiger partial charge in [-0.25, -0.2) is 0 Å². The van der Waals surface area contributed by atoms with E-state index in [2.05, 4.69) is 24.0 Å². The molecule has 0 amide bonds. The van der Waals surface area contributed by atoms with E-state index in [1.54, 1.807) is 0 Å². The summed E-state index contributed by atoms with van der Waals surface area (Å²) in [6.45, 7) is 4.33. The third kappa shape index (κ3) is 1.05. The highest BCUT2D eigenvalue weighted by Crippen LogP contribution is 2.26. The highest BCUT2D eigenvalue weighted by molar-refractivity contribution is 5.33. The molecule has 1 aromatic heterocycles. The summed E-state index contributed by atoms with van der Waals surface area (Å²) in [5.41, 5.74) is 9.69. The van der Waals surface area contributed by atoms with Crippen LogP contribution in [0, 0.1) is 0 Å². The largest absolute Gasteiger partial charge is 0.327 e. The standard InChI is InChI=1S/C9H15N3/c1-5(2)9-7-3-6(10)4-8(7)11-12-9/h5-6H,3-4,10H2,1-2H3,(H,11,12). The second-order valence-electron chi connectivity index (χ2n) is 3.89. The lowest BCUT2D eigenvalue weighted by Gasteiger charge is -2.03. The van der Waals surface area contributed by atoms with E-state index >= 15 is 0 Å². The first kappa shape index (κ1) is 7.80. The van der Waals surface area contributed by atoms with Crippen LogP contribution < -0.4 is 5.73 Å². The van der Waals surface area contributed by atoms with E-state index in [4.69, 9.17) is 5.73 Å². The van der Waals surface area contributed by atoms with Crippen molar-refractivity contribution in [2.45, 2.75) is 38.6 Å². The molecule has 1 atom stereocenters. The molecule has 2 rings (SSSR count). The molecule has 1 aliphatic rings. The van der Waals surface area contributed by atoms with Gasteiger partial charge in [-0.3, -0.25) is 5.10 Å². The third-order valence-electron chi connectivity index (χ3n) is 2.46. The Labute approximate surface area is 72.4 Å². The van der Waals surface area contributed by atoms with E-state index < -0.39 is 0 Å². The maximum Gasteiger partial charge on any atom is 0.0682 e. The Morgan fingerprint density at radius 3 is 2.92 bits per heavy atom. The van der Waals surface area contributed by atoms with Crippen molar-refractivity contribution in [2.24, 2.45) is 5.73 Å². The minimum absolute atomic E-state index is 0.312. The van der Waals surface area contributed by atoms with E-state index in [1.807, 2.05) is 0 Å². The molecule has 1 aromatic rings. The number of H-pyrrole nitrogens is 1.